The van der Waals surface area contributed by atoms with Crippen LogP contribution < -0.4 is 10.6 Å². The van der Waals surface area contributed by atoms with Crippen LogP contribution in [0.2, 0.25) is 0 Å². The molecule has 0 aromatic heterocycles. The summed E-state index contributed by atoms with van der Waals surface area (Å²) in [5.41, 5.74) is 4.86. The van der Waals surface area contributed by atoms with E-state index < -0.39 is 0 Å². The number of amides is 2. The lowest BCUT2D eigenvalue weighted by molar-refractivity contribution is 0.0645. The fourth-order valence-electron chi connectivity index (χ4n) is 3.65. The quantitative estimate of drug-likeness (QED) is 0.358. The van der Waals surface area contributed by atoms with E-state index >= 15 is 0 Å². The summed E-state index contributed by atoms with van der Waals surface area (Å²) in [5, 5.41) is 5.99. The Balaban J connectivity index is 1.58. The molecule has 0 bridgehead atoms. The lowest BCUT2D eigenvalue weighted by atomic mass is 10.1. The van der Waals surface area contributed by atoms with Gasteiger partial charge in [0.1, 0.15) is 0 Å². The van der Waals surface area contributed by atoms with Crippen LogP contribution in [-0.2, 0) is 35.8 Å². The molecule has 0 aliphatic heterocycles. The molecule has 0 spiro atoms. The van der Waals surface area contributed by atoms with Gasteiger partial charge in [0.05, 0.1) is 25.4 Å². The average molecular weight is 489 g/mol. The van der Waals surface area contributed by atoms with Gasteiger partial charge in [-0.25, -0.2) is 0 Å². The number of ether oxygens (including phenoxy) is 2. The second-order valence-electron chi connectivity index (χ2n) is 9.22. The highest BCUT2D eigenvalue weighted by Crippen LogP contribution is 2.14. The van der Waals surface area contributed by atoms with Crippen molar-refractivity contribution in [1.29, 1.82) is 0 Å². The van der Waals surface area contributed by atoms with E-state index in [4.69, 9.17) is 9.47 Å². The fraction of sp³-hybridized carbons (Fsp3) is 0.333. The Hall–Kier alpha value is -3.48. The Labute approximate surface area is 214 Å². The Morgan fingerprint density at radius 3 is 1.47 bits per heavy atom. The van der Waals surface area contributed by atoms with E-state index in [0.29, 0.717) is 37.4 Å². The third-order valence-corrected chi connectivity index (χ3v) is 5.57. The van der Waals surface area contributed by atoms with Crippen molar-refractivity contribution in [2.24, 2.45) is 0 Å². The molecule has 0 aliphatic rings. The topological polar surface area (TPSA) is 76.7 Å². The van der Waals surface area contributed by atoms with Gasteiger partial charge in [-0.05, 0) is 62.1 Å². The maximum atomic E-state index is 12.8. The Bertz CT molecular complexity index is 1070. The molecule has 0 radical (unpaired) electrons. The van der Waals surface area contributed by atoms with Crippen LogP contribution in [0.5, 0.6) is 0 Å². The van der Waals surface area contributed by atoms with Gasteiger partial charge in [-0.3, -0.25) is 9.59 Å². The first-order valence-corrected chi connectivity index (χ1v) is 12.4. The van der Waals surface area contributed by atoms with Crippen LogP contribution in [-0.4, -0.2) is 24.0 Å². The van der Waals surface area contributed by atoms with Crippen LogP contribution in [0.3, 0.4) is 0 Å². The lowest BCUT2D eigenvalue weighted by Gasteiger charge is -2.13. The lowest BCUT2D eigenvalue weighted by Crippen LogP contribution is -2.25. The highest BCUT2D eigenvalue weighted by atomic mass is 16.5. The Morgan fingerprint density at radius 1 is 0.639 bits per heavy atom. The molecule has 0 heterocycles. The molecule has 3 aromatic rings. The summed E-state index contributed by atoms with van der Waals surface area (Å²) in [4.78, 5) is 25.7. The van der Waals surface area contributed by atoms with Gasteiger partial charge in [-0.1, -0.05) is 60.7 Å². The minimum absolute atomic E-state index is 0.0891. The number of nitrogens with one attached hydrogen (secondary N) is 2. The summed E-state index contributed by atoms with van der Waals surface area (Å²) in [6, 6.07) is 22.8. The molecule has 0 saturated carbocycles. The van der Waals surface area contributed by atoms with Crippen molar-refractivity contribution in [3.8, 4) is 0 Å². The van der Waals surface area contributed by atoms with Gasteiger partial charge in [0.2, 0.25) is 0 Å². The third kappa shape index (κ3) is 8.33. The molecular weight excluding hydrogens is 452 g/mol. The normalized spacial score (nSPS) is 11.1. The van der Waals surface area contributed by atoms with Gasteiger partial charge in [0.15, 0.2) is 0 Å². The van der Waals surface area contributed by atoms with Crippen LogP contribution in [0.25, 0.3) is 0 Å². The number of hydrogen-bond donors (Lipinski definition) is 2. The number of hydrogen-bond acceptors (Lipinski definition) is 4. The smallest absolute Gasteiger partial charge is 0.251 e. The zero-order valence-corrected chi connectivity index (χ0v) is 21.5. The highest BCUT2D eigenvalue weighted by Gasteiger charge is 2.13. The highest BCUT2D eigenvalue weighted by molar-refractivity contribution is 5.96. The largest absolute Gasteiger partial charge is 0.374 e. The minimum Gasteiger partial charge on any atom is -0.374 e. The molecule has 2 N–H and O–H groups in total. The molecule has 190 valence electrons. The van der Waals surface area contributed by atoms with E-state index in [-0.39, 0.29) is 24.0 Å². The summed E-state index contributed by atoms with van der Waals surface area (Å²) in [7, 11) is 0. The van der Waals surface area contributed by atoms with Crippen molar-refractivity contribution < 1.29 is 19.1 Å². The average Bonchev–Trinajstić information content (AvgIpc) is 2.88. The van der Waals surface area contributed by atoms with E-state index in [2.05, 4.69) is 10.6 Å². The van der Waals surface area contributed by atoms with Gasteiger partial charge in [0, 0.05) is 24.2 Å². The van der Waals surface area contributed by atoms with Crippen molar-refractivity contribution >= 4 is 11.8 Å². The SMILES string of the molecule is CC(C)OCc1ccccc1C(=O)NCc1cccc(CNC(=O)c2ccccc2COC(C)C)c1. The van der Waals surface area contributed by atoms with Crippen LogP contribution in [0.4, 0.5) is 0 Å². The minimum atomic E-state index is -0.142. The number of rotatable bonds is 12. The number of benzene rings is 3. The molecule has 0 atom stereocenters. The van der Waals surface area contributed by atoms with Gasteiger partial charge in [-0.2, -0.15) is 0 Å². The first kappa shape index (κ1) is 27.1. The number of carbonyl (C=O) groups excluding carboxylic acids is 2. The molecule has 0 saturated heterocycles. The molecular formula is C30H36N2O4. The molecule has 0 aliphatic carbocycles. The molecule has 3 aromatic carbocycles. The van der Waals surface area contributed by atoms with Crippen LogP contribution >= 0.6 is 0 Å². The summed E-state index contributed by atoms with van der Waals surface area (Å²) >= 11 is 0. The van der Waals surface area contributed by atoms with E-state index in [0.717, 1.165) is 22.3 Å². The van der Waals surface area contributed by atoms with Crippen molar-refractivity contribution in [3.05, 3.63) is 106 Å². The van der Waals surface area contributed by atoms with E-state index in [9.17, 15) is 9.59 Å². The number of carbonyl (C=O) groups is 2. The van der Waals surface area contributed by atoms with Crippen molar-refractivity contribution in [3.63, 3.8) is 0 Å². The molecule has 6 nitrogen and oxygen atoms in total. The first-order valence-electron chi connectivity index (χ1n) is 12.4. The van der Waals surface area contributed by atoms with Crippen molar-refractivity contribution in [2.75, 3.05) is 0 Å². The zero-order chi connectivity index (χ0) is 25.9. The summed E-state index contributed by atoms with van der Waals surface area (Å²) in [6.07, 6.45) is 0.178. The van der Waals surface area contributed by atoms with Gasteiger partial charge in [0.25, 0.3) is 11.8 Å². The third-order valence-electron chi connectivity index (χ3n) is 5.57. The fourth-order valence-corrected chi connectivity index (χ4v) is 3.65. The molecule has 3 rings (SSSR count). The molecule has 0 unspecified atom stereocenters. The van der Waals surface area contributed by atoms with Gasteiger partial charge >= 0.3 is 0 Å². The summed E-state index contributed by atoms with van der Waals surface area (Å²) in [5.74, 6) is -0.284. The molecule has 0 fully saturated rings. The summed E-state index contributed by atoms with van der Waals surface area (Å²) in [6.45, 7) is 9.43. The van der Waals surface area contributed by atoms with Crippen LogP contribution in [0.15, 0.2) is 72.8 Å². The zero-order valence-electron chi connectivity index (χ0n) is 21.5. The Morgan fingerprint density at radius 2 is 1.06 bits per heavy atom. The van der Waals surface area contributed by atoms with Gasteiger partial charge in [-0.15, -0.1) is 0 Å². The Kier molecular flexibility index (Phi) is 10.2. The molecule has 6 heteroatoms. The van der Waals surface area contributed by atoms with E-state index in [1.807, 2.05) is 100 Å². The molecule has 2 amide bonds. The summed E-state index contributed by atoms with van der Waals surface area (Å²) < 4.78 is 11.4. The maximum Gasteiger partial charge on any atom is 0.251 e. The van der Waals surface area contributed by atoms with Crippen molar-refractivity contribution in [1.82, 2.24) is 10.6 Å². The van der Waals surface area contributed by atoms with Crippen LogP contribution in [0.1, 0.15) is 70.7 Å². The van der Waals surface area contributed by atoms with Gasteiger partial charge < -0.3 is 20.1 Å². The standard InChI is InChI=1S/C30H36N2O4/c1-21(2)35-19-25-12-5-7-14-27(25)29(33)31-17-23-10-9-11-24(16-23)18-32-30(34)28-15-8-6-13-26(28)20-36-22(3)4/h5-16,21-22H,17-20H2,1-4H3,(H,31,33)(H,32,34). The van der Waals surface area contributed by atoms with E-state index in [1.54, 1.807) is 0 Å². The predicted molar refractivity (Wildman–Crippen MR) is 142 cm³/mol. The first-order chi connectivity index (χ1) is 17.3. The molecule has 36 heavy (non-hydrogen) atoms. The van der Waals surface area contributed by atoms with Crippen LogP contribution in [0, 0.1) is 0 Å². The second kappa shape index (κ2) is 13.6. The monoisotopic (exact) mass is 488 g/mol. The second-order valence-corrected chi connectivity index (χ2v) is 9.22. The van der Waals surface area contributed by atoms with Crippen molar-refractivity contribution in [2.45, 2.75) is 66.2 Å². The maximum absolute atomic E-state index is 12.8. The van der Waals surface area contributed by atoms with E-state index in [1.165, 1.54) is 0 Å². The predicted octanol–water partition coefficient (Wildman–Crippen LogP) is 5.40.